The summed E-state index contributed by atoms with van der Waals surface area (Å²) >= 11 is 6.05. The Labute approximate surface area is 174 Å². The first-order valence-corrected chi connectivity index (χ1v) is 11.0. The van der Waals surface area contributed by atoms with Crippen LogP contribution in [0.5, 0.6) is 0 Å². The molecular weight excluding hydrogens is 403 g/mol. The third kappa shape index (κ3) is 4.81. The molecule has 3 aliphatic rings. The molecule has 1 aromatic heterocycles. The highest BCUT2D eigenvalue weighted by atomic mass is 35.5. The molecule has 1 saturated heterocycles. The SMILES string of the molecule is O=C(CC1CC1C1CCCCC1)N1CCN(c2ncc(C(F)(F)F)cc2Cl)CC1. The van der Waals surface area contributed by atoms with Crippen LogP contribution in [-0.2, 0) is 11.0 Å². The van der Waals surface area contributed by atoms with Crippen LogP contribution in [0.15, 0.2) is 12.3 Å². The molecule has 1 aromatic rings. The third-order valence-corrected chi connectivity index (χ3v) is 7.03. The first-order valence-electron chi connectivity index (χ1n) is 10.6. The Bertz CT molecular complexity index is 743. The van der Waals surface area contributed by atoms with Gasteiger partial charge in [-0.1, -0.05) is 43.7 Å². The van der Waals surface area contributed by atoms with Crippen molar-refractivity contribution in [3.63, 3.8) is 0 Å². The van der Waals surface area contributed by atoms with Crippen LogP contribution in [0.4, 0.5) is 19.0 Å². The van der Waals surface area contributed by atoms with Gasteiger partial charge in [0.05, 0.1) is 10.6 Å². The van der Waals surface area contributed by atoms with Crippen molar-refractivity contribution < 1.29 is 18.0 Å². The van der Waals surface area contributed by atoms with Crippen molar-refractivity contribution in [3.8, 4) is 0 Å². The van der Waals surface area contributed by atoms with E-state index in [0.717, 1.165) is 24.1 Å². The maximum absolute atomic E-state index is 12.8. The van der Waals surface area contributed by atoms with Crippen LogP contribution in [0.3, 0.4) is 0 Å². The molecule has 8 heteroatoms. The summed E-state index contributed by atoms with van der Waals surface area (Å²) in [6, 6.07) is 0.917. The largest absolute Gasteiger partial charge is 0.417 e. The number of aromatic nitrogens is 1. The highest BCUT2D eigenvalue weighted by Gasteiger charge is 2.44. The molecule has 1 aliphatic heterocycles. The summed E-state index contributed by atoms with van der Waals surface area (Å²) < 4.78 is 38.3. The van der Waals surface area contributed by atoms with Gasteiger partial charge in [0.2, 0.25) is 5.91 Å². The molecule has 160 valence electrons. The Kier molecular flexibility index (Phi) is 5.96. The van der Waals surface area contributed by atoms with Crippen molar-refractivity contribution in [2.24, 2.45) is 17.8 Å². The lowest BCUT2D eigenvalue weighted by Crippen LogP contribution is -2.49. The first-order chi connectivity index (χ1) is 13.8. The number of piperazine rings is 1. The lowest BCUT2D eigenvalue weighted by Gasteiger charge is -2.36. The molecule has 2 atom stereocenters. The molecule has 4 nitrogen and oxygen atoms in total. The van der Waals surface area contributed by atoms with Crippen molar-refractivity contribution in [1.82, 2.24) is 9.88 Å². The molecule has 0 bridgehead atoms. The van der Waals surface area contributed by atoms with Gasteiger partial charge in [0, 0.05) is 38.8 Å². The van der Waals surface area contributed by atoms with Crippen molar-refractivity contribution in [2.75, 3.05) is 31.1 Å². The van der Waals surface area contributed by atoms with E-state index >= 15 is 0 Å². The summed E-state index contributed by atoms with van der Waals surface area (Å²) in [5, 5.41) is -0.00657. The Hall–Kier alpha value is -1.50. The summed E-state index contributed by atoms with van der Waals surface area (Å²) in [5.74, 6) is 2.68. The van der Waals surface area contributed by atoms with E-state index < -0.39 is 11.7 Å². The van der Waals surface area contributed by atoms with Crippen LogP contribution in [-0.4, -0.2) is 42.0 Å². The van der Waals surface area contributed by atoms with Crippen molar-refractivity contribution in [1.29, 1.82) is 0 Å². The second kappa shape index (κ2) is 8.32. The summed E-state index contributed by atoms with van der Waals surface area (Å²) in [6.07, 6.45) is 4.88. The Balaban J connectivity index is 1.27. The number of alkyl halides is 3. The fourth-order valence-corrected chi connectivity index (χ4v) is 5.27. The van der Waals surface area contributed by atoms with Crippen LogP contribution < -0.4 is 4.90 Å². The fraction of sp³-hybridized carbons (Fsp3) is 0.714. The zero-order valence-electron chi connectivity index (χ0n) is 16.4. The smallest absolute Gasteiger partial charge is 0.352 e. The summed E-state index contributed by atoms with van der Waals surface area (Å²) in [4.78, 5) is 20.3. The minimum absolute atomic E-state index is 0.00657. The number of carbonyl (C=O) groups excluding carboxylic acids is 1. The van der Waals surface area contributed by atoms with Gasteiger partial charge < -0.3 is 9.80 Å². The molecule has 0 radical (unpaired) electrons. The van der Waals surface area contributed by atoms with Crippen molar-refractivity contribution in [3.05, 3.63) is 22.8 Å². The highest BCUT2D eigenvalue weighted by molar-refractivity contribution is 6.33. The van der Waals surface area contributed by atoms with Gasteiger partial charge in [-0.15, -0.1) is 0 Å². The zero-order valence-corrected chi connectivity index (χ0v) is 17.2. The van der Waals surface area contributed by atoms with E-state index in [1.54, 1.807) is 0 Å². The van der Waals surface area contributed by atoms with E-state index in [4.69, 9.17) is 11.6 Å². The number of pyridine rings is 1. The van der Waals surface area contributed by atoms with E-state index in [1.165, 1.54) is 38.5 Å². The average molecular weight is 430 g/mol. The quantitative estimate of drug-likeness (QED) is 0.675. The molecular formula is C21H27ClF3N3O. The van der Waals surface area contributed by atoms with Gasteiger partial charge in [0.25, 0.3) is 0 Å². The standard InChI is InChI=1S/C21H27ClF3N3O/c22-18-12-16(21(23,24)25)13-26-20(18)28-8-6-27(7-9-28)19(29)11-15-10-17(15)14-4-2-1-3-5-14/h12-15,17H,1-11H2. The molecule has 2 unspecified atom stereocenters. The van der Waals surface area contributed by atoms with E-state index in [2.05, 4.69) is 4.98 Å². The van der Waals surface area contributed by atoms with Crippen molar-refractivity contribution in [2.45, 2.75) is 51.1 Å². The minimum atomic E-state index is -4.46. The minimum Gasteiger partial charge on any atom is -0.352 e. The normalized spacial score (nSPS) is 25.9. The monoisotopic (exact) mass is 429 g/mol. The predicted molar refractivity (Wildman–Crippen MR) is 106 cm³/mol. The molecule has 2 aliphatic carbocycles. The summed E-state index contributed by atoms with van der Waals surface area (Å²) in [6.45, 7) is 2.17. The molecule has 4 rings (SSSR count). The fourth-order valence-electron chi connectivity index (χ4n) is 4.98. The molecule has 0 spiro atoms. The lowest BCUT2D eigenvalue weighted by atomic mass is 9.85. The number of nitrogens with zero attached hydrogens (tertiary/aromatic N) is 3. The van der Waals surface area contributed by atoms with Gasteiger partial charge in [-0.3, -0.25) is 4.79 Å². The van der Waals surface area contributed by atoms with Crippen LogP contribution in [0.25, 0.3) is 0 Å². The number of carbonyl (C=O) groups is 1. The van der Waals surface area contributed by atoms with Gasteiger partial charge in [0.1, 0.15) is 5.82 Å². The maximum Gasteiger partial charge on any atom is 0.417 e. The summed E-state index contributed by atoms with van der Waals surface area (Å²) in [5.41, 5.74) is -0.850. The maximum atomic E-state index is 12.8. The van der Waals surface area contributed by atoms with E-state index in [0.29, 0.717) is 44.3 Å². The molecule has 0 aromatic carbocycles. The van der Waals surface area contributed by atoms with Crippen molar-refractivity contribution >= 4 is 23.3 Å². The van der Waals surface area contributed by atoms with Crippen LogP contribution in [0.2, 0.25) is 5.02 Å². The summed E-state index contributed by atoms with van der Waals surface area (Å²) in [7, 11) is 0. The molecule has 1 amide bonds. The van der Waals surface area contributed by atoms with E-state index in [9.17, 15) is 18.0 Å². The number of amides is 1. The second-order valence-corrected chi connectivity index (χ2v) is 9.06. The number of halogens is 4. The lowest BCUT2D eigenvalue weighted by molar-refractivity contribution is -0.138. The van der Waals surface area contributed by atoms with Gasteiger partial charge in [-0.2, -0.15) is 13.2 Å². The van der Waals surface area contributed by atoms with Gasteiger partial charge in [-0.05, 0) is 30.2 Å². The molecule has 3 fully saturated rings. The molecule has 2 heterocycles. The molecule has 29 heavy (non-hydrogen) atoms. The first kappa shape index (κ1) is 20.8. The van der Waals surface area contributed by atoms with Gasteiger partial charge in [-0.25, -0.2) is 4.98 Å². The molecule has 0 N–H and O–H groups in total. The zero-order chi connectivity index (χ0) is 20.6. The Morgan fingerprint density at radius 1 is 1.14 bits per heavy atom. The van der Waals surface area contributed by atoms with Gasteiger partial charge in [0.15, 0.2) is 0 Å². The average Bonchev–Trinajstić information content (AvgIpc) is 3.47. The molecule has 2 saturated carbocycles. The van der Waals surface area contributed by atoms with Crippen LogP contribution >= 0.6 is 11.6 Å². The van der Waals surface area contributed by atoms with E-state index in [-0.39, 0.29) is 10.9 Å². The van der Waals surface area contributed by atoms with Gasteiger partial charge >= 0.3 is 6.18 Å². The number of anilines is 1. The number of hydrogen-bond donors (Lipinski definition) is 0. The topological polar surface area (TPSA) is 36.4 Å². The third-order valence-electron chi connectivity index (χ3n) is 6.75. The predicted octanol–water partition coefficient (Wildman–Crippen LogP) is 5.01. The second-order valence-electron chi connectivity index (χ2n) is 8.66. The number of hydrogen-bond acceptors (Lipinski definition) is 3. The van der Waals surface area contributed by atoms with Crippen LogP contribution in [0, 0.1) is 17.8 Å². The highest BCUT2D eigenvalue weighted by Crippen LogP contribution is 2.51. The number of rotatable bonds is 4. The Morgan fingerprint density at radius 2 is 1.83 bits per heavy atom. The van der Waals surface area contributed by atoms with Crippen LogP contribution in [0.1, 0.15) is 50.5 Å². The van der Waals surface area contributed by atoms with E-state index in [1.807, 2.05) is 9.80 Å². The Morgan fingerprint density at radius 3 is 2.45 bits per heavy atom.